The second kappa shape index (κ2) is 4.77. The Labute approximate surface area is 81.4 Å². The lowest BCUT2D eigenvalue weighted by atomic mass is 9.99. The Kier molecular flexibility index (Phi) is 3.94. The van der Waals surface area contributed by atoms with Gasteiger partial charge in [0.2, 0.25) is 0 Å². The van der Waals surface area contributed by atoms with Crippen molar-refractivity contribution in [3.8, 4) is 0 Å². The molecule has 0 aromatic rings. The van der Waals surface area contributed by atoms with Crippen molar-refractivity contribution in [1.29, 1.82) is 0 Å². The van der Waals surface area contributed by atoms with Crippen LogP contribution in [0.4, 0.5) is 0 Å². The molecule has 0 saturated carbocycles. The fourth-order valence-corrected chi connectivity index (χ4v) is 2.07. The van der Waals surface area contributed by atoms with Crippen LogP contribution in [0.3, 0.4) is 0 Å². The normalized spacial score (nSPS) is 37.2. The minimum Gasteiger partial charge on any atom is -0.370 e. The summed E-state index contributed by atoms with van der Waals surface area (Å²) < 4.78 is 5.66. The molecule has 0 radical (unpaired) electrons. The Morgan fingerprint density at radius 2 is 2.08 bits per heavy atom. The first-order valence-electron chi connectivity index (χ1n) is 5.37. The Morgan fingerprint density at radius 3 is 2.77 bits per heavy atom. The SMILES string of the molecule is CC.CC1C=C2CCN[C@@H]2[C@H](C)O1. The monoisotopic (exact) mass is 183 g/mol. The lowest BCUT2D eigenvalue weighted by Gasteiger charge is -2.29. The topological polar surface area (TPSA) is 21.3 Å². The molecule has 1 N–H and O–H groups in total. The van der Waals surface area contributed by atoms with E-state index in [2.05, 4.69) is 25.2 Å². The molecule has 0 bridgehead atoms. The number of ether oxygens (including phenoxy) is 1. The van der Waals surface area contributed by atoms with Crippen molar-refractivity contribution in [2.45, 2.75) is 52.4 Å². The van der Waals surface area contributed by atoms with E-state index >= 15 is 0 Å². The van der Waals surface area contributed by atoms with Gasteiger partial charge in [-0.3, -0.25) is 0 Å². The van der Waals surface area contributed by atoms with Gasteiger partial charge in [0.05, 0.1) is 18.2 Å². The molecule has 2 aliphatic rings. The minimum absolute atomic E-state index is 0.316. The highest BCUT2D eigenvalue weighted by Crippen LogP contribution is 2.25. The molecule has 76 valence electrons. The molecule has 13 heavy (non-hydrogen) atoms. The predicted octanol–water partition coefficient (Wildman–Crippen LogP) is 2.11. The molecule has 2 heterocycles. The van der Waals surface area contributed by atoms with Gasteiger partial charge in [-0.1, -0.05) is 25.5 Å². The van der Waals surface area contributed by atoms with E-state index in [0.717, 1.165) is 6.54 Å². The van der Waals surface area contributed by atoms with Crippen LogP contribution in [0.1, 0.15) is 34.1 Å². The highest BCUT2D eigenvalue weighted by Gasteiger charge is 2.30. The fourth-order valence-electron chi connectivity index (χ4n) is 2.07. The van der Waals surface area contributed by atoms with Crippen molar-refractivity contribution < 1.29 is 4.74 Å². The Morgan fingerprint density at radius 1 is 1.38 bits per heavy atom. The molecule has 0 aromatic heterocycles. The van der Waals surface area contributed by atoms with Crippen molar-refractivity contribution in [3.05, 3.63) is 11.6 Å². The zero-order valence-electron chi connectivity index (χ0n) is 9.13. The van der Waals surface area contributed by atoms with Gasteiger partial charge in [-0.15, -0.1) is 0 Å². The van der Waals surface area contributed by atoms with Crippen molar-refractivity contribution in [2.24, 2.45) is 0 Å². The minimum atomic E-state index is 0.316. The summed E-state index contributed by atoms with van der Waals surface area (Å²) in [5.74, 6) is 0. The summed E-state index contributed by atoms with van der Waals surface area (Å²) in [6, 6.07) is 0.506. The average molecular weight is 183 g/mol. The third kappa shape index (κ3) is 2.32. The second-order valence-electron chi connectivity index (χ2n) is 3.47. The molecule has 0 aliphatic carbocycles. The van der Waals surface area contributed by atoms with Crippen LogP contribution in [-0.2, 0) is 4.74 Å². The van der Waals surface area contributed by atoms with Crippen LogP contribution >= 0.6 is 0 Å². The molecule has 0 amide bonds. The molecule has 0 spiro atoms. The zero-order valence-corrected chi connectivity index (χ0v) is 9.13. The van der Waals surface area contributed by atoms with E-state index < -0.39 is 0 Å². The van der Waals surface area contributed by atoms with Crippen LogP contribution in [-0.4, -0.2) is 24.8 Å². The molecule has 2 aliphatic heterocycles. The first-order chi connectivity index (χ1) is 6.27. The molecule has 0 aromatic carbocycles. The third-order valence-corrected chi connectivity index (χ3v) is 2.52. The van der Waals surface area contributed by atoms with Gasteiger partial charge in [0.25, 0.3) is 0 Å². The van der Waals surface area contributed by atoms with Crippen molar-refractivity contribution in [2.75, 3.05) is 6.54 Å². The lowest BCUT2D eigenvalue weighted by Crippen LogP contribution is -2.40. The zero-order chi connectivity index (χ0) is 9.84. The van der Waals surface area contributed by atoms with Crippen molar-refractivity contribution in [1.82, 2.24) is 5.32 Å². The number of nitrogens with one attached hydrogen (secondary N) is 1. The fraction of sp³-hybridized carbons (Fsp3) is 0.818. The van der Waals surface area contributed by atoms with Gasteiger partial charge in [-0.2, -0.15) is 0 Å². The smallest absolute Gasteiger partial charge is 0.0746 e. The maximum absolute atomic E-state index is 5.66. The van der Waals surface area contributed by atoms with Crippen LogP contribution in [0.5, 0.6) is 0 Å². The number of fused-ring (bicyclic) bond motifs is 1. The van der Waals surface area contributed by atoms with Crippen LogP contribution < -0.4 is 5.32 Å². The summed E-state index contributed by atoms with van der Waals surface area (Å²) in [4.78, 5) is 0. The standard InChI is InChI=1S/C9H15NO.C2H6/c1-6-5-8-3-4-10-9(8)7(2)11-6;1-2/h5-7,9-10H,3-4H2,1-2H3;1-2H3/t6?,7-,9+;/m0./s1. The van der Waals surface area contributed by atoms with Crippen LogP contribution in [0, 0.1) is 0 Å². The summed E-state index contributed by atoms with van der Waals surface area (Å²) in [6.45, 7) is 9.38. The highest BCUT2D eigenvalue weighted by molar-refractivity contribution is 5.21. The first kappa shape index (κ1) is 10.7. The summed E-state index contributed by atoms with van der Waals surface area (Å²) in [5.41, 5.74) is 1.55. The maximum atomic E-state index is 5.66. The van der Waals surface area contributed by atoms with Gasteiger partial charge in [-0.05, 0) is 26.8 Å². The van der Waals surface area contributed by atoms with Crippen LogP contribution in [0.2, 0.25) is 0 Å². The Hall–Kier alpha value is -0.340. The average Bonchev–Trinajstić information content (AvgIpc) is 2.55. The molecular formula is C11H21NO. The van der Waals surface area contributed by atoms with E-state index in [1.807, 2.05) is 13.8 Å². The molecule has 2 rings (SSSR count). The van der Waals surface area contributed by atoms with E-state index in [9.17, 15) is 0 Å². The van der Waals surface area contributed by atoms with Crippen molar-refractivity contribution in [3.63, 3.8) is 0 Å². The largest absolute Gasteiger partial charge is 0.370 e. The van der Waals surface area contributed by atoms with Gasteiger partial charge >= 0.3 is 0 Å². The number of rotatable bonds is 0. The van der Waals surface area contributed by atoms with Gasteiger partial charge in [0.1, 0.15) is 0 Å². The van der Waals surface area contributed by atoms with Gasteiger partial charge < -0.3 is 10.1 Å². The summed E-state index contributed by atoms with van der Waals surface area (Å²) >= 11 is 0. The molecule has 2 nitrogen and oxygen atoms in total. The summed E-state index contributed by atoms with van der Waals surface area (Å²) in [5, 5.41) is 3.44. The van der Waals surface area contributed by atoms with E-state index in [0.29, 0.717) is 18.2 Å². The molecule has 1 fully saturated rings. The highest BCUT2D eigenvalue weighted by atomic mass is 16.5. The van der Waals surface area contributed by atoms with Gasteiger partial charge in [0, 0.05) is 0 Å². The van der Waals surface area contributed by atoms with Crippen molar-refractivity contribution >= 4 is 0 Å². The van der Waals surface area contributed by atoms with Gasteiger partial charge in [0.15, 0.2) is 0 Å². The van der Waals surface area contributed by atoms with E-state index in [1.165, 1.54) is 6.42 Å². The molecule has 3 atom stereocenters. The molecule has 1 saturated heterocycles. The number of hydrogen-bond acceptors (Lipinski definition) is 2. The quantitative estimate of drug-likeness (QED) is 0.581. The molecular weight excluding hydrogens is 162 g/mol. The Balaban J connectivity index is 0.000000396. The molecule has 1 unspecified atom stereocenters. The number of hydrogen-bond donors (Lipinski definition) is 1. The van der Waals surface area contributed by atoms with Crippen LogP contribution in [0.15, 0.2) is 11.6 Å². The van der Waals surface area contributed by atoms with E-state index in [-0.39, 0.29) is 0 Å². The lowest BCUT2D eigenvalue weighted by molar-refractivity contribution is 0.0107. The predicted molar refractivity (Wildman–Crippen MR) is 55.8 cm³/mol. The second-order valence-corrected chi connectivity index (χ2v) is 3.47. The van der Waals surface area contributed by atoms with E-state index in [1.54, 1.807) is 5.57 Å². The van der Waals surface area contributed by atoms with E-state index in [4.69, 9.17) is 4.74 Å². The Bertz CT molecular complexity index is 189. The van der Waals surface area contributed by atoms with Gasteiger partial charge in [-0.25, -0.2) is 0 Å². The first-order valence-corrected chi connectivity index (χ1v) is 5.37. The maximum Gasteiger partial charge on any atom is 0.0746 e. The summed E-state index contributed by atoms with van der Waals surface area (Å²) in [7, 11) is 0. The third-order valence-electron chi connectivity index (χ3n) is 2.52. The van der Waals surface area contributed by atoms with Crippen LogP contribution in [0.25, 0.3) is 0 Å². The summed E-state index contributed by atoms with van der Waals surface area (Å²) in [6.07, 6.45) is 4.14. The molecule has 2 heteroatoms.